The molecular formula is C17H36N2O. The van der Waals surface area contributed by atoms with Gasteiger partial charge in [0.2, 0.25) is 5.91 Å². The first-order valence-corrected chi connectivity index (χ1v) is 8.60. The summed E-state index contributed by atoms with van der Waals surface area (Å²) >= 11 is 0. The van der Waals surface area contributed by atoms with E-state index in [9.17, 15) is 4.79 Å². The van der Waals surface area contributed by atoms with Gasteiger partial charge in [-0.15, -0.1) is 0 Å². The van der Waals surface area contributed by atoms with Crippen molar-refractivity contribution < 1.29 is 4.79 Å². The molecule has 20 heavy (non-hydrogen) atoms. The van der Waals surface area contributed by atoms with Crippen LogP contribution in [0.2, 0.25) is 0 Å². The Morgan fingerprint density at radius 3 is 1.85 bits per heavy atom. The zero-order valence-corrected chi connectivity index (χ0v) is 14.2. The summed E-state index contributed by atoms with van der Waals surface area (Å²) in [6.45, 7) is 9.15. The highest BCUT2D eigenvalue weighted by Gasteiger charge is 2.19. The topological polar surface area (TPSA) is 32.3 Å². The Morgan fingerprint density at radius 2 is 1.45 bits per heavy atom. The van der Waals surface area contributed by atoms with Crippen molar-refractivity contribution in [2.45, 2.75) is 72.1 Å². The van der Waals surface area contributed by atoms with Crippen LogP contribution in [-0.4, -0.2) is 37.5 Å². The maximum atomic E-state index is 12.4. The molecule has 0 aliphatic rings. The predicted octanol–water partition coefficient (Wildman–Crippen LogP) is 3.83. The molecule has 0 saturated carbocycles. The highest BCUT2D eigenvalue weighted by molar-refractivity contribution is 5.78. The zero-order chi connectivity index (χ0) is 15.2. The highest BCUT2D eigenvalue weighted by Crippen LogP contribution is 2.09. The van der Waals surface area contributed by atoms with Crippen LogP contribution < -0.4 is 5.32 Å². The summed E-state index contributed by atoms with van der Waals surface area (Å²) in [5, 5.41) is 3.11. The molecule has 1 amide bonds. The fourth-order valence-corrected chi connectivity index (χ4v) is 2.50. The number of unbranched alkanes of at least 4 members (excludes halogenated alkanes) is 6. The van der Waals surface area contributed by atoms with Crippen LogP contribution in [0, 0.1) is 5.92 Å². The van der Waals surface area contributed by atoms with Crippen LogP contribution in [0.25, 0.3) is 0 Å². The van der Waals surface area contributed by atoms with Gasteiger partial charge in [-0.05, 0) is 19.9 Å². The van der Waals surface area contributed by atoms with Crippen LogP contribution >= 0.6 is 0 Å². The van der Waals surface area contributed by atoms with Gasteiger partial charge in [-0.1, -0.05) is 59.3 Å². The molecule has 1 atom stereocenters. The van der Waals surface area contributed by atoms with Crippen LogP contribution in [0.15, 0.2) is 0 Å². The molecule has 3 heteroatoms. The van der Waals surface area contributed by atoms with Gasteiger partial charge >= 0.3 is 0 Å². The fourth-order valence-electron chi connectivity index (χ4n) is 2.50. The molecular weight excluding hydrogens is 248 g/mol. The van der Waals surface area contributed by atoms with Crippen molar-refractivity contribution in [3.63, 3.8) is 0 Å². The highest BCUT2D eigenvalue weighted by atomic mass is 16.2. The number of nitrogens with one attached hydrogen (secondary N) is 1. The molecule has 1 N–H and O–H groups in total. The molecule has 0 heterocycles. The van der Waals surface area contributed by atoms with E-state index in [2.05, 4.69) is 24.1 Å². The normalized spacial score (nSPS) is 12.4. The summed E-state index contributed by atoms with van der Waals surface area (Å²) < 4.78 is 0. The molecule has 0 fully saturated rings. The molecule has 0 saturated heterocycles. The van der Waals surface area contributed by atoms with Gasteiger partial charge in [-0.25, -0.2) is 0 Å². The largest absolute Gasteiger partial charge is 0.342 e. The zero-order valence-electron chi connectivity index (χ0n) is 14.2. The second-order valence-electron chi connectivity index (χ2n) is 5.91. The minimum absolute atomic E-state index is 0.0948. The number of carbonyl (C=O) groups is 1. The Hall–Kier alpha value is -0.570. The van der Waals surface area contributed by atoms with Crippen molar-refractivity contribution in [2.24, 2.45) is 5.92 Å². The van der Waals surface area contributed by atoms with Gasteiger partial charge < -0.3 is 10.2 Å². The van der Waals surface area contributed by atoms with E-state index in [1.807, 2.05) is 14.0 Å². The molecule has 0 aliphatic heterocycles. The van der Waals surface area contributed by atoms with E-state index in [4.69, 9.17) is 0 Å². The smallest absolute Gasteiger partial charge is 0.226 e. The molecule has 0 bridgehead atoms. The average molecular weight is 284 g/mol. The number of amides is 1. The number of hydrogen-bond acceptors (Lipinski definition) is 2. The summed E-state index contributed by atoms with van der Waals surface area (Å²) in [6.07, 6.45) is 9.86. The molecule has 0 radical (unpaired) electrons. The van der Waals surface area contributed by atoms with Crippen molar-refractivity contribution in [1.29, 1.82) is 0 Å². The summed E-state index contributed by atoms with van der Waals surface area (Å²) in [5.41, 5.74) is 0. The third-order valence-electron chi connectivity index (χ3n) is 3.81. The van der Waals surface area contributed by atoms with E-state index in [0.717, 1.165) is 32.5 Å². The lowest BCUT2D eigenvalue weighted by atomic mass is 10.1. The van der Waals surface area contributed by atoms with E-state index in [0.29, 0.717) is 5.91 Å². The van der Waals surface area contributed by atoms with Gasteiger partial charge in [-0.3, -0.25) is 4.79 Å². The maximum absolute atomic E-state index is 12.4. The van der Waals surface area contributed by atoms with E-state index in [1.165, 1.54) is 38.5 Å². The number of hydrogen-bond donors (Lipinski definition) is 1. The van der Waals surface area contributed by atoms with Crippen molar-refractivity contribution >= 4 is 5.91 Å². The van der Waals surface area contributed by atoms with Crippen molar-refractivity contribution in [2.75, 3.05) is 26.7 Å². The molecule has 0 aromatic carbocycles. The number of rotatable bonds is 13. The van der Waals surface area contributed by atoms with Crippen molar-refractivity contribution in [3.8, 4) is 0 Å². The standard InChI is InChI=1S/C17H36N2O/c1-5-7-9-11-13-19(14-12-10-8-6-2)17(20)16(3)15-18-4/h16,18H,5-15H2,1-4H3. The first-order chi connectivity index (χ1) is 9.67. The van der Waals surface area contributed by atoms with Crippen LogP contribution in [0.3, 0.4) is 0 Å². The quantitative estimate of drug-likeness (QED) is 0.521. The van der Waals surface area contributed by atoms with Gasteiger partial charge in [0, 0.05) is 25.6 Å². The Kier molecular flexibility index (Phi) is 13.0. The second-order valence-corrected chi connectivity index (χ2v) is 5.91. The van der Waals surface area contributed by atoms with E-state index in [1.54, 1.807) is 0 Å². The monoisotopic (exact) mass is 284 g/mol. The minimum Gasteiger partial charge on any atom is -0.342 e. The first kappa shape index (κ1) is 19.4. The molecule has 1 unspecified atom stereocenters. The lowest BCUT2D eigenvalue weighted by Gasteiger charge is -2.26. The minimum atomic E-state index is 0.0948. The van der Waals surface area contributed by atoms with Crippen LogP contribution in [0.1, 0.15) is 72.1 Å². The van der Waals surface area contributed by atoms with Gasteiger partial charge in [0.25, 0.3) is 0 Å². The van der Waals surface area contributed by atoms with Gasteiger partial charge in [0.05, 0.1) is 0 Å². The maximum Gasteiger partial charge on any atom is 0.226 e. The molecule has 0 spiro atoms. The number of nitrogens with zero attached hydrogens (tertiary/aromatic N) is 1. The Bertz CT molecular complexity index is 219. The van der Waals surface area contributed by atoms with Gasteiger partial charge in [0.15, 0.2) is 0 Å². The average Bonchev–Trinajstić information content (AvgIpc) is 2.45. The third kappa shape index (κ3) is 9.35. The molecule has 0 aromatic heterocycles. The third-order valence-corrected chi connectivity index (χ3v) is 3.81. The fraction of sp³-hybridized carbons (Fsp3) is 0.941. The van der Waals surface area contributed by atoms with Crippen LogP contribution in [-0.2, 0) is 4.79 Å². The SMILES string of the molecule is CCCCCCN(CCCCCC)C(=O)C(C)CNC. The van der Waals surface area contributed by atoms with E-state index < -0.39 is 0 Å². The second kappa shape index (κ2) is 13.4. The van der Waals surface area contributed by atoms with Gasteiger partial charge in [0.1, 0.15) is 0 Å². The van der Waals surface area contributed by atoms with Crippen molar-refractivity contribution in [1.82, 2.24) is 10.2 Å². The van der Waals surface area contributed by atoms with E-state index in [-0.39, 0.29) is 5.92 Å². The summed E-state index contributed by atoms with van der Waals surface area (Å²) in [7, 11) is 1.91. The molecule has 3 nitrogen and oxygen atoms in total. The lowest BCUT2D eigenvalue weighted by molar-refractivity contribution is -0.135. The molecule has 0 aliphatic carbocycles. The lowest BCUT2D eigenvalue weighted by Crippen LogP contribution is -2.39. The summed E-state index contributed by atoms with van der Waals surface area (Å²) in [5.74, 6) is 0.421. The summed E-state index contributed by atoms with van der Waals surface area (Å²) in [6, 6.07) is 0. The summed E-state index contributed by atoms with van der Waals surface area (Å²) in [4.78, 5) is 14.6. The first-order valence-electron chi connectivity index (χ1n) is 8.60. The molecule has 120 valence electrons. The van der Waals surface area contributed by atoms with Crippen molar-refractivity contribution in [3.05, 3.63) is 0 Å². The van der Waals surface area contributed by atoms with Gasteiger partial charge in [-0.2, -0.15) is 0 Å². The Balaban J connectivity index is 4.18. The Labute approximate surface area is 126 Å². The Morgan fingerprint density at radius 1 is 0.950 bits per heavy atom. The molecule has 0 aromatic rings. The predicted molar refractivity (Wildman–Crippen MR) is 88.0 cm³/mol. The van der Waals surface area contributed by atoms with E-state index >= 15 is 0 Å². The molecule has 0 rings (SSSR count). The van der Waals surface area contributed by atoms with Crippen LogP contribution in [0.4, 0.5) is 0 Å². The van der Waals surface area contributed by atoms with Crippen LogP contribution in [0.5, 0.6) is 0 Å². The number of carbonyl (C=O) groups excluding carboxylic acids is 1.